The Morgan fingerprint density at radius 3 is 2.43 bits per heavy atom. The van der Waals surface area contributed by atoms with Crippen molar-refractivity contribution in [3.05, 3.63) is 35.4 Å². The quantitative estimate of drug-likeness (QED) is 0.897. The third-order valence-corrected chi connectivity index (χ3v) is 4.16. The van der Waals surface area contributed by atoms with Gasteiger partial charge in [0.2, 0.25) is 5.91 Å². The number of hydrogen-bond acceptors (Lipinski definition) is 2. The Morgan fingerprint density at radius 1 is 1.29 bits per heavy atom. The van der Waals surface area contributed by atoms with Crippen LogP contribution in [-0.4, -0.2) is 17.0 Å². The van der Waals surface area contributed by atoms with Crippen LogP contribution in [0.4, 0.5) is 8.78 Å². The minimum Gasteiger partial charge on any atom is -0.481 e. The number of amides is 1. The first kappa shape index (κ1) is 15.4. The Hall–Kier alpha value is -1.98. The number of aliphatic carboxylic acids is 1. The molecule has 1 saturated carbocycles. The van der Waals surface area contributed by atoms with Crippen molar-refractivity contribution in [1.82, 2.24) is 5.32 Å². The van der Waals surface area contributed by atoms with Crippen molar-refractivity contribution in [3.63, 3.8) is 0 Å². The number of hydrogen-bond donors (Lipinski definition) is 2. The van der Waals surface area contributed by atoms with Gasteiger partial charge in [-0.2, -0.15) is 0 Å². The molecular formula is C15H17F2NO3. The van der Waals surface area contributed by atoms with Crippen LogP contribution in [0.2, 0.25) is 0 Å². The number of carbonyl (C=O) groups excluding carboxylic acids is 1. The minimum atomic E-state index is -1.02. The molecule has 2 rings (SSSR count). The van der Waals surface area contributed by atoms with E-state index in [1.165, 1.54) is 6.92 Å². The van der Waals surface area contributed by atoms with Gasteiger partial charge >= 0.3 is 5.97 Å². The molecule has 4 nitrogen and oxygen atoms in total. The van der Waals surface area contributed by atoms with Gasteiger partial charge in [-0.25, -0.2) is 8.78 Å². The zero-order chi connectivity index (χ0) is 15.9. The van der Waals surface area contributed by atoms with Crippen LogP contribution in [0, 0.1) is 28.9 Å². The second-order valence-electron chi connectivity index (χ2n) is 6.01. The van der Waals surface area contributed by atoms with Crippen LogP contribution in [0.1, 0.15) is 32.4 Å². The summed E-state index contributed by atoms with van der Waals surface area (Å²) in [6, 6.07) is 2.28. The standard InChI is InChI=1S/C15H17F2NO3/c1-7(9-6-8(16)4-5-10(9)17)18-13(19)11-12(14(20)21)15(11,2)3/h4-7,11-12H,1-3H3,(H,18,19)(H,20,21). The van der Waals surface area contributed by atoms with Crippen molar-refractivity contribution in [2.45, 2.75) is 26.8 Å². The first-order chi connectivity index (χ1) is 9.66. The molecule has 1 aliphatic carbocycles. The Kier molecular flexibility index (Phi) is 3.74. The summed E-state index contributed by atoms with van der Waals surface area (Å²) >= 11 is 0. The van der Waals surface area contributed by atoms with Gasteiger partial charge in [0, 0.05) is 5.56 Å². The fourth-order valence-electron chi connectivity index (χ4n) is 2.82. The lowest BCUT2D eigenvalue weighted by atomic mass is 10.1. The van der Waals surface area contributed by atoms with Gasteiger partial charge in [0.15, 0.2) is 0 Å². The lowest BCUT2D eigenvalue weighted by molar-refractivity contribution is -0.140. The summed E-state index contributed by atoms with van der Waals surface area (Å²) in [5.74, 6) is -4.10. The van der Waals surface area contributed by atoms with Crippen molar-refractivity contribution >= 4 is 11.9 Å². The van der Waals surface area contributed by atoms with E-state index in [-0.39, 0.29) is 5.56 Å². The minimum absolute atomic E-state index is 0.0358. The van der Waals surface area contributed by atoms with Gasteiger partial charge in [-0.15, -0.1) is 0 Å². The van der Waals surface area contributed by atoms with Crippen LogP contribution < -0.4 is 5.32 Å². The average molecular weight is 297 g/mol. The molecule has 21 heavy (non-hydrogen) atoms. The number of carboxylic acids is 1. The molecule has 3 unspecified atom stereocenters. The molecule has 0 bridgehead atoms. The fourth-order valence-corrected chi connectivity index (χ4v) is 2.82. The molecule has 0 aromatic heterocycles. The molecule has 0 heterocycles. The van der Waals surface area contributed by atoms with Crippen molar-refractivity contribution in [2.75, 3.05) is 0 Å². The number of benzene rings is 1. The van der Waals surface area contributed by atoms with Gasteiger partial charge in [0.05, 0.1) is 17.9 Å². The number of halogens is 2. The Labute approximate surface area is 121 Å². The molecule has 0 radical (unpaired) electrons. The van der Waals surface area contributed by atoms with E-state index in [1.54, 1.807) is 13.8 Å². The molecule has 3 atom stereocenters. The van der Waals surface area contributed by atoms with E-state index in [0.717, 1.165) is 18.2 Å². The van der Waals surface area contributed by atoms with E-state index >= 15 is 0 Å². The zero-order valence-corrected chi connectivity index (χ0v) is 12.0. The largest absolute Gasteiger partial charge is 0.481 e. The Morgan fingerprint density at radius 2 is 1.90 bits per heavy atom. The molecule has 0 spiro atoms. The van der Waals surface area contributed by atoms with Crippen LogP contribution >= 0.6 is 0 Å². The van der Waals surface area contributed by atoms with Crippen molar-refractivity contribution in [2.24, 2.45) is 17.3 Å². The maximum absolute atomic E-state index is 13.6. The van der Waals surface area contributed by atoms with Gasteiger partial charge in [-0.3, -0.25) is 9.59 Å². The normalized spacial score (nSPS) is 24.2. The van der Waals surface area contributed by atoms with E-state index < -0.39 is 46.8 Å². The van der Waals surface area contributed by atoms with Crippen LogP contribution in [0.3, 0.4) is 0 Å². The molecule has 0 saturated heterocycles. The number of rotatable bonds is 4. The lowest BCUT2D eigenvalue weighted by Crippen LogP contribution is -2.30. The van der Waals surface area contributed by atoms with E-state index in [4.69, 9.17) is 5.11 Å². The molecule has 1 aliphatic rings. The molecular weight excluding hydrogens is 280 g/mol. The molecule has 1 aromatic carbocycles. The van der Waals surface area contributed by atoms with Crippen LogP contribution in [-0.2, 0) is 9.59 Å². The summed E-state index contributed by atoms with van der Waals surface area (Å²) in [6.45, 7) is 4.92. The Balaban J connectivity index is 2.10. The third kappa shape index (κ3) is 2.75. The first-order valence-corrected chi connectivity index (χ1v) is 6.64. The molecule has 1 amide bonds. The van der Waals surface area contributed by atoms with Crippen LogP contribution in [0.25, 0.3) is 0 Å². The summed E-state index contributed by atoms with van der Waals surface area (Å²) in [7, 11) is 0. The summed E-state index contributed by atoms with van der Waals surface area (Å²) < 4.78 is 26.8. The molecule has 1 aromatic rings. The lowest BCUT2D eigenvalue weighted by Gasteiger charge is -2.15. The van der Waals surface area contributed by atoms with E-state index in [1.807, 2.05) is 0 Å². The molecule has 0 aliphatic heterocycles. The predicted octanol–water partition coefficient (Wildman–Crippen LogP) is 2.50. The smallest absolute Gasteiger partial charge is 0.307 e. The summed E-state index contributed by atoms with van der Waals surface area (Å²) in [4.78, 5) is 23.2. The molecule has 114 valence electrons. The molecule has 2 N–H and O–H groups in total. The molecule has 6 heteroatoms. The van der Waals surface area contributed by atoms with E-state index in [9.17, 15) is 18.4 Å². The van der Waals surface area contributed by atoms with Gasteiger partial charge in [0.1, 0.15) is 11.6 Å². The zero-order valence-electron chi connectivity index (χ0n) is 12.0. The third-order valence-electron chi connectivity index (χ3n) is 4.16. The van der Waals surface area contributed by atoms with Gasteiger partial charge < -0.3 is 10.4 Å². The topological polar surface area (TPSA) is 66.4 Å². The van der Waals surface area contributed by atoms with Crippen molar-refractivity contribution in [3.8, 4) is 0 Å². The fraction of sp³-hybridized carbons (Fsp3) is 0.467. The molecule has 1 fully saturated rings. The van der Waals surface area contributed by atoms with Gasteiger partial charge in [-0.1, -0.05) is 13.8 Å². The second kappa shape index (κ2) is 5.09. The SMILES string of the molecule is CC(NC(=O)C1C(C(=O)O)C1(C)C)c1cc(F)ccc1F. The number of carbonyl (C=O) groups is 2. The Bertz CT molecular complexity index is 601. The van der Waals surface area contributed by atoms with Crippen LogP contribution in [0.5, 0.6) is 0 Å². The first-order valence-electron chi connectivity index (χ1n) is 6.64. The highest BCUT2D eigenvalue weighted by atomic mass is 19.1. The summed E-state index contributed by atoms with van der Waals surface area (Å²) in [5, 5.41) is 11.6. The highest BCUT2D eigenvalue weighted by Crippen LogP contribution is 2.58. The summed E-state index contributed by atoms with van der Waals surface area (Å²) in [6.07, 6.45) is 0. The predicted molar refractivity (Wildman–Crippen MR) is 71.3 cm³/mol. The van der Waals surface area contributed by atoms with Crippen LogP contribution in [0.15, 0.2) is 18.2 Å². The number of nitrogens with one attached hydrogen (secondary N) is 1. The van der Waals surface area contributed by atoms with Crippen molar-refractivity contribution < 1.29 is 23.5 Å². The maximum atomic E-state index is 13.6. The maximum Gasteiger partial charge on any atom is 0.307 e. The average Bonchev–Trinajstić information content (AvgIpc) is 2.95. The summed E-state index contributed by atoms with van der Waals surface area (Å²) in [5.41, 5.74) is -0.593. The van der Waals surface area contributed by atoms with Gasteiger partial charge in [-0.05, 0) is 30.5 Å². The van der Waals surface area contributed by atoms with E-state index in [0.29, 0.717) is 0 Å². The van der Waals surface area contributed by atoms with Gasteiger partial charge in [0.25, 0.3) is 0 Å². The monoisotopic (exact) mass is 297 g/mol. The van der Waals surface area contributed by atoms with Crippen molar-refractivity contribution in [1.29, 1.82) is 0 Å². The highest BCUT2D eigenvalue weighted by molar-refractivity contribution is 5.91. The number of carboxylic acid groups (broad SMARTS) is 1. The highest BCUT2D eigenvalue weighted by Gasteiger charge is 2.65. The second-order valence-corrected chi connectivity index (χ2v) is 6.01. The van der Waals surface area contributed by atoms with E-state index in [2.05, 4.69) is 5.32 Å².